The summed E-state index contributed by atoms with van der Waals surface area (Å²) in [4.78, 5) is 4.45. The van der Waals surface area contributed by atoms with Crippen molar-refractivity contribution in [1.29, 1.82) is 10.5 Å². The predicted octanol–water partition coefficient (Wildman–Crippen LogP) is 4.26. The summed E-state index contributed by atoms with van der Waals surface area (Å²) in [6.07, 6.45) is 1.43. The molecule has 3 unspecified atom stereocenters. The Bertz CT molecular complexity index is 1100. The molecule has 4 rings (SSSR count). The Balaban J connectivity index is 1.64. The SMILES string of the molecule is CCCOC1(OCCC)N=C(N)C2(C#N)C(c3ccc(OCc4ccccc4)cc3)C12C#N. The van der Waals surface area contributed by atoms with Crippen LogP contribution in [0.2, 0.25) is 0 Å². The lowest BCUT2D eigenvalue weighted by molar-refractivity contribution is -0.259. The van der Waals surface area contributed by atoms with Crippen molar-refractivity contribution < 1.29 is 14.2 Å². The third kappa shape index (κ3) is 3.28. The molecule has 170 valence electrons. The summed E-state index contributed by atoms with van der Waals surface area (Å²) in [6.45, 7) is 5.05. The van der Waals surface area contributed by atoms with Crippen LogP contribution in [-0.4, -0.2) is 25.0 Å². The second-order valence-electron chi connectivity index (χ2n) is 8.39. The van der Waals surface area contributed by atoms with E-state index >= 15 is 0 Å². The van der Waals surface area contributed by atoms with E-state index in [1.54, 1.807) is 0 Å². The molecule has 1 heterocycles. The minimum absolute atomic E-state index is 0.0909. The van der Waals surface area contributed by atoms with Crippen molar-refractivity contribution in [1.82, 2.24) is 0 Å². The van der Waals surface area contributed by atoms with Gasteiger partial charge in [-0.25, -0.2) is 4.99 Å². The van der Waals surface area contributed by atoms with Crippen LogP contribution >= 0.6 is 0 Å². The molecule has 0 aromatic heterocycles. The van der Waals surface area contributed by atoms with Crippen LogP contribution in [0, 0.1) is 33.5 Å². The molecule has 1 aliphatic carbocycles. The van der Waals surface area contributed by atoms with Gasteiger partial charge in [-0.15, -0.1) is 0 Å². The largest absolute Gasteiger partial charge is 0.489 e. The number of amidine groups is 1. The quantitative estimate of drug-likeness (QED) is 0.548. The number of nitrogens with zero attached hydrogens (tertiary/aromatic N) is 3. The monoisotopic (exact) mass is 444 g/mol. The van der Waals surface area contributed by atoms with E-state index in [1.807, 2.05) is 68.4 Å². The van der Waals surface area contributed by atoms with Gasteiger partial charge in [0.2, 0.25) is 0 Å². The number of hydrogen-bond donors (Lipinski definition) is 1. The Morgan fingerprint density at radius 1 is 0.939 bits per heavy atom. The lowest BCUT2D eigenvalue weighted by Gasteiger charge is -2.32. The molecule has 1 aliphatic heterocycles. The van der Waals surface area contributed by atoms with Crippen LogP contribution in [0.3, 0.4) is 0 Å². The molecule has 2 aliphatic rings. The van der Waals surface area contributed by atoms with Gasteiger partial charge < -0.3 is 19.9 Å². The van der Waals surface area contributed by atoms with E-state index in [0.29, 0.717) is 38.4 Å². The number of benzene rings is 2. The van der Waals surface area contributed by atoms with Crippen molar-refractivity contribution >= 4 is 5.84 Å². The Kier molecular flexibility index (Phi) is 6.12. The van der Waals surface area contributed by atoms with Gasteiger partial charge in [0.05, 0.1) is 25.4 Å². The first-order valence-electron chi connectivity index (χ1n) is 11.3. The van der Waals surface area contributed by atoms with Crippen molar-refractivity contribution in [3.63, 3.8) is 0 Å². The van der Waals surface area contributed by atoms with Crippen LogP contribution in [-0.2, 0) is 16.1 Å². The summed E-state index contributed by atoms with van der Waals surface area (Å²) in [5.41, 5.74) is 5.53. The molecule has 0 amide bonds. The molecular formula is C26H28N4O3. The zero-order valence-corrected chi connectivity index (χ0v) is 19.0. The topological polar surface area (TPSA) is 114 Å². The van der Waals surface area contributed by atoms with Gasteiger partial charge in [-0.2, -0.15) is 10.5 Å². The van der Waals surface area contributed by atoms with E-state index in [4.69, 9.17) is 19.9 Å². The third-order valence-electron chi connectivity index (χ3n) is 6.39. The van der Waals surface area contributed by atoms with E-state index in [0.717, 1.165) is 11.1 Å². The first-order chi connectivity index (χ1) is 16.0. The number of nitrogens with two attached hydrogens (primary N) is 1. The van der Waals surface area contributed by atoms with Gasteiger partial charge in [0.25, 0.3) is 5.91 Å². The molecular weight excluding hydrogens is 416 g/mol. The molecule has 1 fully saturated rings. The van der Waals surface area contributed by atoms with E-state index in [9.17, 15) is 10.5 Å². The number of hydrogen-bond acceptors (Lipinski definition) is 7. The second-order valence-corrected chi connectivity index (χ2v) is 8.39. The highest BCUT2D eigenvalue weighted by Crippen LogP contribution is 2.82. The Morgan fingerprint density at radius 3 is 2.12 bits per heavy atom. The van der Waals surface area contributed by atoms with Gasteiger partial charge in [-0.05, 0) is 36.1 Å². The fourth-order valence-corrected chi connectivity index (χ4v) is 4.84. The number of nitriles is 2. The highest BCUT2D eigenvalue weighted by atomic mass is 16.7. The number of aliphatic imine (C=N–C) groups is 1. The minimum atomic E-state index is -1.60. The fraction of sp³-hybridized carbons (Fsp3) is 0.423. The van der Waals surface area contributed by atoms with Gasteiger partial charge >= 0.3 is 0 Å². The van der Waals surface area contributed by atoms with Gasteiger partial charge in [0, 0.05) is 5.92 Å². The number of rotatable bonds is 10. The van der Waals surface area contributed by atoms with Crippen LogP contribution in [0.4, 0.5) is 0 Å². The lowest BCUT2D eigenvalue weighted by atomic mass is 9.93. The summed E-state index contributed by atoms with van der Waals surface area (Å²) < 4.78 is 18.0. The van der Waals surface area contributed by atoms with Crippen molar-refractivity contribution in [3.8, 4) is 17.9 Å². The van der Waals surface area contributed by atoms with Crippen LogP contribution < -0.4 is 10.5 Å². The molecule has 0 radical (unpaired) electrons. The van der Waals surface area contributed by atoms with E-state index in [-0.39, 0.29) is 5.84 Å². The minimum Gasteiger partial charge on any atom is -0.489 e. The Hall–Kier alpha value is -3.39. The summed E-state index contributed by atoms with van der Waals surface area (Å²) in [6, 6.07) is 22.0. The molecule has 0 spiro atoms. The van der Waals surface area contributed by atoms with Crippen LogP contribution in [0.5, 0.6) is 5.75 Å². The second kappa shape index (κ2) is 8.86. The normalized spacial score (nSPS) is 26.5. The zero-order valence-electron chi connectivity index (χ0n) is 19.0. The molecule has 3 atom stereocenters. The molecule has 2 N–H and O–H groups in total. The zero-order chi connectivity index (χ0) is 23.5. The third-order valence-corrected chi connectivity index (χ3v) is 6.39. The van der Waals surface area contributed by atoms with Crippen LogP contribution in [0.15, 0.2) is 59.6 Å². The fourth-order valence-electron chi connectivity index (χ4n) is 4.84. The van der Waals surface area contributed by atoms with Crippen molar-refractivity contribution in [3.05, 3.63) is 65.7 Å². The average molecular weight is 445 g/mol. The summed E-state index contributed by atoms with van der Waals surface area (Å²) in [7, 11) is 0. The van der Waals surface area contributed by atoms with Crippen LogP contribution in [0.1, 0.15) is 43.7 Å². The van der Waals surface area contributed by atoms with E-state index in [2.05, 4.69) is 17.1 Å². The smallest absolute Gasteiger partial charge is 0.293 e. The predicted molar refractivity (Wildman–Crippen MR) is 123 cm³/mol. The lowest BCUT2D eigenvalue weighted by Crippen LogP contribution is -2.44. The molecule has 2 aromatic rings. The van der Waals surface area contributed by atoms with Crippen molar-refractivity contribution in [2.24, 2.45) is 21.6 Å². The van der Waals surface area contributed by atoms with E-state index in [1.165, 1.54) is 0 Å². The van der Waals surface area contributed by atoms with Crippen molar-refractivity contribution in [2.75, 3.05) is 13.2 Å². The molecule has 7 heteroatoms. The van der Waals surface area contributed by atoms with Crippen molar-refractivity contribution in [2.45, 2.75) is 45.1 Å². The first-order valence-corrected chi connectivity index (χ1v) is 11.3. The highest BCUT2D eigenvalue weighted by molar-refractivity contribution is 6.00. The Labute approximate surface area is 194 Å². The Morgan fingerprint density at radius 2 is 1.58 bits per heavy atom. The molecule has 7 nitrogen and oxygen atoms in total. The maximum Gasteiger partial charge on any atom is 0.293 e. The first kappa shape index (κ1) is 22.8. The number of ether oxygens (including phenoxy) is 3. The molecule has 2 aromatic carbocycles. The van der Waals surface area contributed by atoms with Gasteiger partial charge in [0.15, 0.2) is 5.41 Å². The maximum absolute atomic E-state index is 10.4. The number of fused-ring (bicyclic) bond motifs is 1. The van der Waals surface area contributed by atoms with Gasteiger partial charge in [-0.1, -0.05) is 56.3 Å². The maximum atomic E-state index is 10.4. The summed E-state index contributed by atoms with van der Waals surface area (Å²) in [5.74, 6) is -1.33. The highest BCUT2D eigenvalue weighted by Gasteiger charge is 2.93. The molecule has 33 heavy (non-hydrogen) atoms. The average Bonchev–Trinajstić information content (AvgIpc) is 3.44. The molecule has 0 bridgehead atoms. The standard InChI is InChI=1S/C26H28N4O3/c1-3-14-32-26(33-15-4-2)25(18-28)22(24(25,17-27)23(29)30-26)20-10-12-21(13-11-20)31-16-19-8-6-5-7-9-19/h5-13,22H,3-4,14-16H2,1-2H3,(H2,29,30). The summed E-state index contributed by atoms with van der Waals surface area (Å²) >= 11 is 0. The van der Waals surface area contributed by atoms with Gasteiger partial charge in [0.1, 0.15) is 23.6 Å². The summed E-state index contributed by atoms with van der Waals surface area (Å²) in [5, 5.41) is 20.6. The van der Waals surface area contributed by atoms with Gasteiger partial charge in [-0.3, -0.25) is 0 Å². The molecule has 0 saturated heterocycles. The van der Waals surface area contributed by atoms with Crippen LogP contribution in [0.25, 0.3) is 0 Å². The molecule has 1 saturated carbocycles. The van der Waals surface area contributed by atoms with E-state index < -0.39 is 22.7 Å².